The van der Waals surface area contributed by atoms with Gasteiger partial charge in [-0.1, -0.05) is 20.3 Å². The van der Waals surface area contributed by atoms with Crippen LogP contribution in [0.15, 0.2) is 0 Å². The monoisotopic (exact) mass is 196 g/mol. The lowest BCUT2D eigenvalue weighted by Crippen LogP contribution is -2.44. The number of rotatable bonds is 2. The summed E-state index contributed by atoms with van der Waals surface area (Å²) in [5.41, 5.74) is 0.529. The van der Waals surface area contributed by atoms with Crippen LogP contribution in [0.2, 0.25) is 0 Å². The van der Waals surface area contributed by atoms with Crippen LogP contribution in [0.1, 0.15) is 39.5 Å². The Morgan fingerprint density at radius 2 is 2.07 bits per heavy atom. The van der Waals surface area contributed by atoms with Crippen LogP contribution >= 0.6 is 0 Å². The van der Waals surface area contributed by atoms with E-state index in [4.69, 9.17) is 0 Å². The molecule has 82 valence electrons. The highest BCUT2D eigenvalue weighted by Gasteiger charge is 2.36. The lowest BCUT2D eigenvalue weighted by molar-refractivity contribution is 0.259. The van der Waals surface area contributed by atoms with Gasteiger partial charge in [-0.2, -0.15) is 0 Å². The van der Waals surface area contributed by atoms with E-state index in [9.17, 15) is 0 Å². The quantitative estimate of drug-likeness (QED) is 0.725. The lowest BCUT2D eigenvalue weighted by atomic mass is 9.87. The average Bonchev–Trinajstić information content (AvgIpc) is 2.61. The Morgan fingerprint density at radius 3 is 2.57 bits per heavy atom. The van der Waals surface area contributed by atoms with Gasteiger partial charge in [0.2, 0.25) is 0 Å². The van der Waals surface area contributed by atoms with E-state index < -0.39 is 0 Å². The van der Waals surface area contributed by atoms with Crippen molar-refractivity contribution in [1.82, 2.24) is 10.2 Å². The van der Waals surface area contributed by atoms with Crippen molar-refractivity contribution >= 4 is 0 Å². The van der Waals surface area contributed by atoms with Crippen molar-refractivity contribution in [3.63, 3.8) is 0 Å². The van der Waals surface area contributed by atoms with Gasteiger partial charge >= 0.3 is 0 Å². The minimum atomic E-state index is 0.529. The van der Waals surface area contributed by atoms with Crippen molar-refractivity contribution in [2.75, 3.05) is 20.1 Å². The van der Waals surface area contributed by atoms with E-state index >= 15 is 0 Å². The molecule has 14 heavy (non-hydrogen) atoms. The summed E-state index contributed by atoms with van der Waals surface area (Å²) in [5, 5.41) is 3.86. The zero-order valence-corrected chi connectivity index (χ0v) is 9.84. The molecule has 0 radical (unpaired) electrons. The van der Waals surface area contributed by atoms with Crippen LogP contribution in [0.3, 0.4) is 0 Å². The molecular weight excluding hydrogens is 172 g/mol. The largest absolute Gasteiger partial charge is 0.309 e. The second-order valence-corrected chi connectivity index (χ2v) is 5.85. The van der Waals surface area contributed by atoms with Crippen LogP contribution in [0.4, 0.5) is 0 Å². The molecule has 2 fully saturated rings. The summed E-state index contributed by atoms with van der Waals surface area (Å²) in [5.74, 6) is 0. The van der Waals surface area contributed by atoms with Crippen molar-refractivity contribution < 1.29 is 0 Å². The number of nitrogens with zero attached hydrogens (tertiary/aromatic N) is 1. The molecule has 0 amide bonds. The standard InChI is InChI=1S/C12H24N2/c1-12(2)7-4-5-11(12)13-10-6-8-14(3)9-10/h10-11,13H,4-9H2,1-3H3. The summed E-state index contributed by atoms with van der Waals surface area (Å²) >= 11 is 0. The molecule has 1 aliphatic carbocycles. The molecule has 0 aromatic heterocycles. The molecule has 1 heterocycles. The van der Waals surface area contributed by atoms with Crippen molar-refractivity contribution in [1.29, 1.82) is 0 Å². The van der Waals surface area contributed by atoms with Crippen LogP contribution in [0.25, 0.3) is 0 Å². The van der Waals surface area contributed by atoms with Crippen LogP contribution in [0.5, 0.6) is 0 Å². The van der Waals surface area contributed by atoms with Gasteiger partial charge in [0.25, 0.3) is 0 Å². The lowest BCUT2D eigenvalue weighted by Gasteiger charge is -2.30. The van der Waals surface area contributed by atoms with E-state index in [0.717, 1.165) is 12.1 Å². The average molecular weight is 196 g/mol. The molecule has 1 N–H and O–H groups in total. The van der Waals surface area contributed by atoms with Crippen LogP contribution in [-0.4, -0.2) is 37.1 Å². The first kappa shape index (κ1) is 10.4. The van der Waals surface area contributed by atoms with Gasteiger partial charge < -0.3 is 10.2 Å². The zero-order valence-electron chi connectivity index (χ0n) is 9.84. The fourth-order valence-electron chi connectivity index (χ4n) is 2.99. The molecule has 2 aliphatic rings. The molecule has 1 saturated carbocycles. The number of likely N-dealkylation sites (N-methyl/N-ethyl adjacent to an activating group) is 1. The maximum atomic E-state index is 3.86. The molecule has 2 atom stereocenters. The Morgan fingerprint density at radius 1 is 1.29 bits per heavy atom. The Kier molecular flexibility index (Phi) is 2.85. The van der Waals surface area contributed by atoms with Crippen molar-refractivity contribution in [2.45, 2.75) is 51.6 Å². The molecule has 2 rings (SSSR count). The first-order valence-electron chi connectivity index (χ1n) is 6.02. The molecule has 1 aliphatic heterocycles. The van der Waals surface area contributed by atoms with Crippen molar-refractivity contribution in [3.05, 3.63) is 0 Å². The normalized spacial score (nSPS) is 37.9. The van der Waals surface area contributed by atoms with Gasteiger partial charge in [-0.15, -0.1) is 0 Å². The minimum absolute atomic E-state index is 0.529. The van der Waals surface area contributed by atoms with E-state index in [1.165, 1.54) is 38.8 Å². The van der Waals surface area contributed by atoms with Crippen LogP contribution < -0.4 is 5.32 Å². The van der Waals surface area contributed by atoms with Gasteiger partial charge in [-0.3, -0.25) is 0 Å². The minimum Gasteiger partial charge on any atom is -0.309 e. The first-order chi connectivity index (χ1) is 6.58. The van der Waals surface area contributed by atoms with Gasteiger partial charge in [0.1, 0.15) is 0 Å². The number of hydrogen-bond donors (Lipinski definition) is 1. The van der Waals surface area contributed by atoms with Gasteiger partial charge in [-0.05, 0) is 38.3 Å². The fourth-order valence-corrected chi connectivity index (χ4v) is 2.99. The first-order valence-corrected chi connectivity index (χ1v) is 6.02. The third-order valence-corrected chi connectivity index (χ3v) is 4.09. The van der Waals surface area contributed by atoms with Gasteiger partial charge in [-0.25, -0.2) is 0 Å². The summed E-state index contributed by atoms with van der Waals surface area (Å²) in [6, 6.07) is 1.52. The fraction of sp³-hybridized carbons (Fsp3) is 1.00. The molecule has 2 unspecified atom stereocenters. The molecule has 0 spiro atoms. The van der Waals surface area contributed by atoms with Gasteiger partial charge in [0.05, 0.1) is 0 Å². The molecule has 0 aromatic rings. The molecule has 0 bridgehead atoms. The highest BCUT2D eigenvalue weighted by atomic mass is 15.2. The maximum Gasteiger partial charge on any atom is 0.0209 e. The Labute approximate surface area is 88.1 Å². The predicted molar refractivity (Wildman–Crippen MR) is 60.5 cm³/mol. The topological polar surface area (TPSA) is 15.3 Å². The zero-order chi connectivity index (χ0) is 10.2. The van der Waals surface area contributed by atoms with Crippen LogP contribution in [-0.2, 0) is 0 Å². The smallest absolute Gasteiger partial charge is 0.0209 e. The third kappa shape index (κ3) is 2.12. The van der Waals surface area contributed by atoms with E-state index in [2.05, 4.69) is 31.1 Å². The highest BCUT2D eigenvalue weighted by Crippen LogP contribution is 2.37. The van der Waals surface area contributed by atoms with E-state index in [1.54, 1.807) is 0 Å². The molecular formula is C12H24N2. The SMILES string of the molecule is CN1CCC(NC2CCCC2(C)C)C1. The summed E-state index contributed by atoms with van der Waals surface area (Å²) in [6.45, 7) is 7.34. The van der Waals surface area contributed by atoms with Crippen molar-refractivity contribution in [2.24, 2.45) is 5.41 Å². The number of likely N-dealkylation sites (tertiary alicyclic amines) is 1. The van der Waals surface area contributed by atoms with Gasteiger partial charge in [0.15, 0.2) is 0 Å². The van der Waals surface area contributed by atoms with E-state index in [-0.39, 0.29) is 0 Å². The molecule has 1 saturated heterocycles. The number of hydrogen-bond acceptors (Lipinski definition) is 2. The second kappa shape index (κ2) is 3.82. The Hall–Kier alpha value is -0.0800. The molecule has 2 nitrogen and oxygen atoms in total. The number of nitrogens with one attached hydrogen (secondary N) is 1. The Balaban J connectivity index is 1.85. The van der Waals surface area contributed by atoms with Gasteiger partial charge in [0, 0.05) is 18.6 Å². The second-order valence-electron chi connectivity index (χ2n) is 5.85. The predicted octanol–water partition coefficient (Wildman–Crippen LogP) is 1.86. The van der Waals surface area contributed by atoms with Crippen molar-refractivity contribution in [3.8, 4) is 0 Å². The van der Waals surface area contributed by atoms with E-state index in [0.29, 0.717) is 5.41 Å². The molecule has 0 aromatic carbocycles. The highest BCUT2D eigenvalue weighted by molar-refractivity contribution is 4.93. The maximum absolute atomic E-state index is 3.86. The van der Waals surface area contributed by atoms with E-state index in [1.807, 2.05) is 0 Å². The summed E-state index contributed by atoms with van der Waals surface area (Å²) in [7, 11) is 2.22. The third-order valence-electron chi connectivity index (χ3n) is 4.09. The summed E-state index contributed by atoms with van der Waals surface area (Å²) in [6.07, 6.45) is 5.52. The summed E-state index contributed by atoms with van der Waals surface area (Å²) in [4.78, 5) is 2.43. The Bertz CT molecular complexity index is 200. The summed E-state index contributed by atoms with van der Waals surface area (Å²) < 4.78 is 0. The van der Waals surface area contributed by atoms with Crippen LogP contribution in [0, 0.1) is 5.41 Å². The molecule has 2 heteroatoms.